The van der Waals surface area contributed by atoms with Crippen LogP contribution < -0.4 is 5.32 Å². The monoisotopic (exact) mass is 421 g/mol. The SMILES string of the molecule is Cc1ccc(C)c(NC(=O)COC(=O)/C=C/c2c(C)nn(-c3ccc(F)cc3)c2C)c1. The molecular weight excluding hydrogens is 397 g/mol. The van der Waals surface area contributed by atoms with Gasteiger partial charge < -0.3 is 10.1 Å². The van der Waals surface area contributed by atoms with Crippen LogP contribution in [0.1, 0.15) is 28.1 Å². The molecular formula is C24H24FN3O3. The molecule has 0 unspecified atom stereocenters. The first-order chi connectivity index (χ1) is 14.7. The average molecular weight is 421 g/mol. The lowest BCUT2D eigenvalue weighted by Crippen LogP contribution is -2.20. The van der Waals surface area contributed by atoms with E-state index in [4.69, 9.17) is 4.74 Å². The Hall–Kier alpha value is -3.74. The van der Waals surface area contributed by atoms with Gasteiger partial charge in [0.2, 0.25) is 0 Å². The lowest BCUT2D eigenvalue weighted by molar-refractivity contribution is -0.142. The second-order valence-corrected chi connectivity index (χ2v) is 7.28. The molecule has 31 heavy (non-hydrogen) atoms. The fraction of sp³-hybridized carbons (Fsp3) is 0.208. The van der Waals surface area contributed by atoms with Crippen molar-refractivity contribution in [2.45, 2.75) is 27.7 Å². The van der Waals surface area contributed by atoms with E-state index in [1.807, 2.05) is 45.9 Å². The number of hydrogen-bond acceptors (Lipinski definition) is 4. The minimum atomic E-state index is -0.635. The molecule has 3 aromatic rings. The molecule has 0 aliphatic heterocycles. The van der Waals surface area contributed by atoms with Gasteiger partial charge in [-0.2, -0.15) is 5.10 Å². The molecule has 2 aromatic carbocycles. The third kappa shape index (κ3) is 5.45. The van der Waals surface area contributed by atoms with Gasteiger partial charge in [0.1, 0.15) is 5.82 Å². The molecule has 0 aliphatic rings. The second-order valence-electron chi connectivity index (χ2n) is 7.28. The molecule has 1 N–H and O–H groups in total. The van der Waals surface area contributed by atoms with E-state index in [9.17, 15) is 14.0 Å². The Kier molecular flexibility index (Phi) is 6.65. The van der Waals surface area contributed by atoms with E-state index in [1.165, 1.54) is 18.2 Å². The summed E-state index contributed by atoms with van der Waals surface area (Å²) in [5.41, 5.74) is 5.60. The van der Waals surface area contributed by atoms with Crippen molar-refractivity contribution in [2.75, 3.05) is 11.9 Å². The van der Waals surface area contributed by atoms with Gasteiger partial charge in [-0.15, -0.1) is 0 Å². The van der Waals surface area contributed by atoms with Crippen LogP contribution >= 0.6 is 0 Å². The molecule has 3 rings (SSSR count). The number of nitrogens with one attached hydrogen (secondary N) is 1. The van der Waals surface area contributed by atoms with E-state index in [0.29, 0.717) is 17.1 Å². The summed E-state index contributed by atoms with van der Waals surface area (Å²) in [6, 6.07) is 11.7. The Morgan fingerprint density at radius 2 is 1.81 bits per heavy atom. The number of amides is 1. The van der Waals surface area contributed by atoms with Crippen LogP contribution in [-0.4, -0.2) is 28.3 Å². The van der Waals surface area contributed by atoms with Crippen molar-refractivity contribution in [3.63, 3.8) is 0 Å². The van der Waals surface area contributed by atoms with Crippen molar-refractivity contribution in [3.8, 4) is 5.69 Å². The molecule has 6 nitrogen and oxygen atoms in total. The highest BCUT2D eigenvalue weighted by atomic mass is 19.1. The van der Waals surface area contributed by atoms with Gasteiger partial charge in [-0.1, -0.05) is 12.1 Å². The maximum absolute atomic E-state index is 13.2. The Balaban J connectivity index is 1.62. The van der Waals surface area contributed by atoms with Crippen LogP contribution in [0.25, 0.3) is 11.8 Å². The lowest BCUT2D eigenvalue weighted by Gasteiger charge is -2.09. The van der Waals surface area contributed by atoms with Crippen LogP contribution in [0.4, 0.5) is 10.1 Å². The number of carbonyl (C=O) groups is 2. The molecule has 1 aromatic heterocycles. The van der Waals surface area contributed by atoms with Crippen LogP contribution in [0.5, 0.6) is 0 Å². The van der Waals surface area contributed by atoms with Crippen LogP contribution in [-0.2, 0) is 14.3 Å². The van der Waals surface area contributed by atoms with E-state index in [2.05, 4.69) is 10.4 Å². The van der Waals surface area contributed by atoms with Crippen molar-refractivity contribution >= 4 is 23.6 Å². The molecule has 0 saturated carbocycles. The minimum Gasteiger partial charge on any atom is -0.452 e. The van der Waals surface area contributed by atoms with Crippen LogP contribution in [0.2, 0.25) is 0 Å². The smallest absolute Gasteiger partial charge is 0.331 e. The van der Waals surface area contributed by atoms with Gasteiger partial charge in [0.25, 0.3) is 5.91 Å². The average Bonchev–Trinajstić information content (AvgIpc) is 3.01. The van der Waals surface area contributed by atoms with Crippen LogP contribution in [0.3, 0.4) is 0 Å². The highest BCUT2D eigenvalue weighted by molar-refractivity contribution is 5.95. The molecule has 0 saturated heterocycles. The quantitative estimate of drug-likeness (QED) is 0.472. The van der Waals surface area contributed by atoms with Gasteiger partial charge >= 0.3 is 5.97 Å². The number of halogens is 1. The number of benzene rings is 2. The summed E-state index contributed by atoms with van der Waals surface area (Å²) in [7, 11) is 0. The summed E-state index contributed by atoms with van der Waals surface area (Å²) in [5.74, 6) is -1.37. The number of rotatable bonds is 6. The highest BCUT2D eigenvalue weighted by Gasteiger charge is 2.12. The lowest BCUT2D eigenvalue weighted by atomic mass is 10.1. The van der Waals surface area contributed by atoms with Crippen molar-refractivity contribution in [3.05, 3.63) is 82.4 Å². The zero-order valence-electron chi connectivity index (χ0n) is 17.9. The molecule has 7 heteroatoms. The molecule has 0 radical (unpaired) electrons. The summed E-state index contributed by atoms with van der Waals surface area (Å²) < 4.78 is 19.9. The van der Waals surface area contributed by atoms with Gasteiger partial charge in [0.05, 0.1) is 11.4 Å². The number of ether oxygens (including phenoxy) is 1. The Bertz CT molecular complexity index is 1150. The zero-order valence-corrected chi connectivity index (χ0v) is 17.9. The molecule has 0 fully saturated rings. The zero-order chi connectivity index (χ0) is 22.5. The van der Waals surface area contributed by atoms with Crippen molar-refractivity contribution < 1.29 is 18.7 Å². The summed E-state index contributed by atoms with van der Waals surface area (Å²) in [5, 5.41) is 7.19. The van der Waals surface area contributed by atoms with Crippen molar-refractivity contribution in [1.29, 1.82) is 0 Å². The molecule has 0 spiro atoms. The van der Waals surface area contributed by atoms with E-state index < -0.39 is 11.9 Å². The third-order valence-electron chi connectivity index (χ3n) is 4.82. The second kappa shape index (κ2) is 9.38. The minimum absolute atomic E-state index is 0.324. The van der Waals surface area contributed by atoms with Crippen LogP contribution in [0, 0.1) is 33.5 Å². The summed E-state index contributed by atoms with van der Waals surface area (Å²) in [4.78, 5) is 24.2. The van der Waals surface area contributed by atoms with Gasteiger partial charge in [-0.25, -0.2) is 13.9 Å². The van der Waals surface area contributed by atoms with Gasteiger partial charge in [0, 0.05) is 23.0 Å². The fourth-order valence-corrected chi connectivity index (χ4v) is 3.12. The number of esters is 1. The number of nitrogens with zero attached hydrogens (tertiary/aromatic N) is 2. The van der Waals surface area contributed by atoms with Gasteiger partial charge in [-0.3, -0.25) is 4.79 Å². The highest BCUT2D eigenvalue weighted by Crippen LogP contribution is 2.20. The molecule has 0 aliphatic carbocycles. The molecule has 1 amide bonds. The molecule has 160 valence electrons. The Morgan fingerprint density at radius 1 is 1.10 bits per heavy atom. The number of hydrogen-bond donors (Lipinski definition) is 1. The maximum Gasteiger partial charge on any atom is 0.331 e. The number of aryl methyl sites for hydroxylation is 3. The van der Waals surface area contributed by atoms with Crippen molar-refractivity contribution in [1.82, 2.24) is 9.78 Å². The normalized spacial score (nSPS) is 11.0. The fourth-order valence-electron chi connectivity index (χ4n) is 3.12. The largest absolute Gasteiger partial charge is 0.452 e. The Morgan fingerprint density at radius 3 is 2.52 bits per heavy atom. The molecule has 1 heterocycles. The topological polar surface area (TPSA) is 73.2 Å². The first kappa shape index (κ1) is 22.0. The summed E-state index contributed by atoms with van der Waals surface area (Å²) in [6.07, 6.45) is 2.86. The van der Waals surface area contributed by atoms with Crippen LogP contribution in [0.15, 0.2) is 48.5 Å². The first-order valence-electron chi connectivity index (χ1n) is 9.78. The predicted octanol–water partition coefficient (Wildman–Crippen LogP) is 4.44. The van der Waals surface area contributed by atoms with Gasteiger partial charge in [0.15, 0.2) is 6.61 Å². The van der Waals surface area contributed by atoms with Gasteiger partial charge in [-0.05, 0) is 75.2 Å². The summed E-state index contributed by atoms with van der Waals surface area (Å²) >= 11 is 0. The van der Waals surface area contributed by atoms with E-state index in [1.54, 1.807) is 22.9 Å². The standard InChI is InChI=1S/C24H24FN3O3/c1-15-5-6-16(2)22(13-15)26-23(29)14-31-24(30)12-11-21-17(3)27-28(18(21)4)20-9-7-19(25)8-10-20/h5-13H,14H2,1-4H3,(H,26,29)/b12-11+. The predicted molar refractivity (Wildman–Crippen MR) is 118 cm³/mol. The molecule has 0 bridgehead atoms. The first-order valence-corrected chi connectivity index (χ1v) is 9.78. The number of anilines is 1. The summed E-state index contributed by atoms with van der Waals surface area (Å²) in [6.45, 7) is 7.10. The number of aromatic nitrogens is 2. The van der Waals surface area contributed by atoms with Crippen molar-refractivity contribution in [2.24, 2.45) is 0 Å². The van der Waals surface area contributed by atoms with E-state index in [0.717, 1.165) is 22.4 Å². The van der Waals surface area contributed by atoms with E-state index >= 15 is 0 Å². The maximum atomic E-state index is 13.2. The van der Waals surface area contributed by atoms with E-state index in [-0.39, 0.29) is 12.4 Å². The molecule has 0 atom stereocenters. The third-order valence-corrected chi connectivity index (χ3v) is 4.82. The Labute approximate surface area is 180 Å². The number of carbonyl (C=O) groups excluding carboxylic acids is 2.